The predicted molar refractivity (Wildman–Crippen MR) is 65.3 cm³/mol. The maximum atomic E-state index is 12.1. The van der Waals surface area contributed by atoms with Gasteiger partial charge in [0.2, 0.25) is 5.91 Å². The lowest BCUT2D eigenvalue weighted by molar-refractivity contribution is -0.154. The third-order valence-electron chi connectivity index (χ3n) is 3.17. The highest BCUT2D eigenvalue weighted by molar-refractivity contribution is 5.85. The summed E-state index contributed by atoms with van der Waals surface area (Å²) in [5.74, 6) is -0.286. The van der Waals surface area contributed by atoms with E-state index in [0.29, 0.717) is 6.61 Å². The molecule has 1 amide bonds. The Bertz CT molecular complexity index is 312. The first-order valence-electron chi connectivity index (χ1n) is 6.16. The third-order valence-corrected chi connectivity index (χ3v) is 3.17. The molecule has 0 spiro atoms. The average molecular weight is 239 g/mol. The van der Waals surface area contributed by atoms with Crippen LogP contribution in [0.2, 0.25) is 0 Å². The molecule has 0 aromatic rings. The molecule has 4 nitrogen and oxygen atoms in total. The molecule has 0 radical (unpaired) electrons. The molecule has 0 bridgehead atoms. The highest BCUT2D eigenvalue weighted by atomic mass is 16.5. The van der Waals surface area contributed by atoms with Crippen molar-refractivity contribution in [1.29, 1.82) is 0 Å². The van der Waals surface area contributed by atoms with Crippen LogP contribution >= 0.6 is 0 Å². The largest absolute Gasteiger partial charge is 0.464 e. The number of rotatable bonds is 4. The minimum atomic E-state index is -0.506. The average Bonchev–Trinajstić information content (AvgIpc) is 2.37. The number of carbonyl (C=O) groups is 2. The second kappa shape index (κ2) is 6.42. The van der Waals surface area contributed by atoms with E-state index >= 15 is 0 Å². The molecule has 4 heteroatoms. The van der Waals surface area contributed by atoms with Crippen LogP contribution in [-0.2, 0) is 14.3 Å². The summed E-state index contributed by atoms with van der Waals surface area (Å²) in [5, 5.41) is 0. The second-order valence-corrected chi connectivity index (χ2v) is 4.36. The molecule has 0 fully saturated rings. The van der Waals surface area contributed by atoms with Crippen molar-refractivity contribution in [3.05, 3.63) is 12.2 Å². The number of likely N-dealkylation sites (N-methyl/N-ethyl adjacent to an activating group) is 1. The lowest BCUT2D eigenvalue weighted by Crippen LogP contribution is -2.44. The maximum absolute atomic E-state index is 12.1. The number of nitrogens with zero attached hydrogens (tertiary/aromatic N) is 1. The molecule has 0 N–H and O–H groups in total. The quantitative estimate of drug-likeness (QED) is 0.554. The van der Waals surface area contributed by atoms with Crippen molar-refractivity contribution < 1.29 is 14.3 Å². The van der Waals surface area contributed by atoms with Crippen molar-refractivity contribution in [2.45, 2.75) is 39.2 Å². The highest BCUT2D eigenvalue weighted by Gasteiger charge is 2.28. The Kier molecular flexibility index (Phi) is 5.19. The standard InChI is InChI=1S/C13H21NO3/c1-4-17-13(16)10(2)14(3)12(15)11-8-6-5-7-9-11/h5-6,10-11H,4,7-9H2,1-3H3. The van der Waals surface area contributed by atoms with Gasteiger partial charge in [0.1, 0.15) is 6.04 Å². The molecule has 17 heavy (non-hydrogen) atoms. The molecule has 1 aliphatic rings. The van der Waals surface area contributed by atoms with Crippen LogP contribution in [-0.4, -0.2) is 36.5 Å². The molecule has 2 atom stereocenters. The molecule has 0 aromatic heterocycles. The first-order chi connectivity index (χ1) is 8.07. The fraction of sp³-hybridized carbons (Fsp3) is 0.692. The van der Waals surface area contributed by atoms with Crippen molar-refractivity contribution in [1.82, 2.24) is 4.90 Å². The van der Waals surface area contributed by atoms with Gasteiger partial charge in [0.15, 0.2) is 0 Å². The summed E-state index contributed by atoms with van der Waals surface area (Å²) in [5.41, 5.74) is 0. The van der Waals surface area contributed by atoms with Gasteiger partial charge in [-0.2, -0.15) is 0 Å². The molecule has 0 heterocycles. The van der Waals surface area contributed by atoms with Crippen molar-refractivity contribution in [3.8, 4) is 0 Å². The SMILES string of the molecule is CCOC(=O)C(C)N(C)C(=O)C1CC=CCC1. The molecular weight excluding hydrogens is 218 g/mol. The molecule has 0 aromatic carbocycles. The van der Waals surface area contributed by atoms with Crippen LogP contribution in [0.4, 0.5) is 0 Å². The third kappa shape index (κ3) is 3.58. The van der Waals surface area contributed by atoms with Crippen molar-refractivity contribution >= 4 is 11.9 Å². The zero-order valence-electron chi connectivity index (χ0n) is 10.8. The number of hydrogen-bond acceptors (Lipinski definition) is 3. The Balaban J connectivity index is 2.56. The Hall–Kier alpha value is -1.32. The molecule has 1 aliphatic carbocycles. The van der Waals surface area contributed by atoms with Gasteiger partial charge in [0, 0.05) is 13.0 Å². The Morgan fingerprint density at radius 2 is 2.18 bits per heavy atom. The van der Waals surface area contributed by atoms with E-state index in [1.54, 1.807) is 20.9 Å². The number of hydrogen-bond donors (Lipinski definition) is 0. The van der Waals surface area contributed by atoms with E-state index in [2.05, 4.69) is 6.08 Å². The van der Waals surface area contributed by atoms with E-state index in [0.717, 1.165) is 19.3 Å². The predicted octanol–water partition coefficient (Wildman–Crippen LogP) is 1.75. The lowest BCUT2D eigenvalue weighted by Gasteiger charge is -2.28. The molecule has 0 saturated carbocycles. The van der Waals surface area contributed by atoms with E-state index in [1.807, 2.05) is 6.08 Å². The topological polar surface area (TPSA) is 46.6 Å². The van der Waals surface area contributed by atoms with Crippen molar-refractivity contribution in [2.75, 3.05) is 13.7 Å². The summed E-state index contributed by atoms with van der Waals surface area (Å²) in [7, 11) is 1.67. The first-order valence-corrected chi connectivity index (χ1v) is 6.16. The van der Waals surface area contributed by atoms with Crippen LogP contribution in [0, 0.1) is 5.92 Å². The second-order valence-electron chi connectivity index (χ2n) is 4.36. The van der Waals surface area contributed by atoms with Gasteiger partial charge in [-0.1, -0.05) is 12.2 Å². The lowest BCUT2D eigenvalue weighted by atomic mass is 9.93. The van der Waals surface area contributed by atoms with Gasteiger partial charge in [0.05, 0.1) is 6.61 Å². The normalized spacial score (nSPS) is 20.8. The summed E-state index contributed by atoms with van der Waals surface area (Å²) in [6.07, 6.45) is 6.72. The van der Waals surface area contributed by atoms with Crippen molar-refractivity contribution in [3.63, 3.8) is 0 Å². The molecule has 1 rings (SSSR count). The van der Waals surface area contributed by atoms with E-state index in [-0.39, 0.29) is 17.8 Å². The van der Waals surface area contributed by atoms with E-state index in [1.165, 1.54) is 4.90 Å². The van der Waals surface area contributed by atoms with Gasteiger partial charge in [-0.05, 0) is 33.1 Å². The van der Waals surface area contributed by atoms with Crippen molar-refractivity contribution in [2.24, 2.45) is 5.92 Å². The minimum absolute atomic E-state index is 0.0156. The summed E-state index contributed by atoms with van der Waals surface area (Å²) in [4.78, 5) is 25.2. The van der Waals surface area contributed by atoms with E-state index < -0.39 is 6.04 Å². The number of esters is 1. The fourth-order valence-corrected chi connectivity index (χ4v) is 1.92. The maximum Gasteiger partial charge on any atom is 0.328 e. The summed E-state index contributed by atoms with van der Waals surface area (Å²) >= 11 is 0. The molecular formula is C13H21NO3. The van der Waals surface area contributed by atoms with Crippen LogP contribution in [0.15, 0.2) is 12.2 Å². The first kappa shape index (κ1) is 13.7. The Morgan fingerprint density at radius 1 is 1.47 bits per heavy atom. The Morgan fingerprint density at radius 3 is 2.71 bits per heavy atom. The summed E-state index contributed by atoms with van der Waals surface area (Å²) in [6.45, 7) is 3.81. The molecule has 0 saturated heterocycles. The zero-order valence-corrected chi connectivity index (χ0v) is 10.8. The summed E-state index contributed by atoms with van der Waals surface area (Å²) in [6, 6.07) is -0.506. The molecule has 0 aliphatic heterocycles. The molecule has 96 valence electrons. The van der Waals surface area contributed by atoms with Gasteiger partial charge in [-0.3, -0.25) is 4.79 Å². The number of carbonyl (C=O) groups excluding carboxylic acids is 2. The Labute approximate surface area is 103 Å². The van der Waals surface area contributed by atoms with E-state index in [4.69, 9.17) is 4.74 Å². The van der Waals surface area contributed by atoms with Gasteiger partial charge in [-0.15, -0.1) is 0 Å². The molecule has 2 unspecified atom stereocenters. The van der Waals surface area contributed by atoms with Gasteiger partial charge in [-0.25, -0.2) is 4.79 Å². The van der Waals surface area contributed by atoms with Gasteiger partial charge in [0.25, 0.3) is 0 Å². The fourth-order valence-electron chi connectivity index (χ4n) is 1.92. The zero-order chi connectivity index (χ0) is 12.8. The number of amides is 1. The van der Waals surface area contributed by atoms with Crippen LogP contribution in [0.3, 0.4) is 0 Å². The van der Waals surface area contributed by atoms with Gasteiger partial charge < -0.3 is 9.64 Å². The monoisotopic (exact) mass is 239 g/mol. The van der Waals surface area contributed by atoms with E-state index in [9.17, 15) is 9.59 Å². The van der Waals surface area contributed by atoms with Crippen LogP contribution in [0.1, 0.15) is 33.1 Å². The van der Waals surface area contributed by atoms with Crippen LogP contribution in [0.25, 0.3) is 0 Å². The summed E-state index contributed by atoms with van der Waals surface area (Å²) < 4.78 is 4.92. The van der Waals surface area contributed by atoms with Crippen LogP contribution < -0.4 is 0 Å². The van der Waals surface area contributed by atoms with Gasteiger partial charge >= 0.3 is 5.97 Å². The van der Waals surface area contributed by atoms with Crippen LogP contribution in [0.5, 0.6) is 0 Å². The number of ether oxygens (including phenoxy) is 1. The highest BCUT2D eigenvalue weighted by Crippen LogP contribution is 2.21. The minimum Gasteiger partial charge on any atom is -0.464 e. The smallest absolute Gasteiger partial charge is 0.328 e. The number of allylic oxidation sites excluding steroid dienone is 2.